The molecule has 1 amide bonds. The lowest BCUT2D eigenvalue weighted by atomic mass is 9.83. The van der Waals surface area contributed by atoms with Crippen molar-refractivity contribution in [2.75, 3.05) is 5.88 Å². The Balaban J connectivity index is 2.17. The molecule has 104 valence electrons. The number of carbonyl (C=O) groups is 1. The first-order chi connectivity index (χ1) is 9.06. The third kappa shape index (κ3) is 3.65. The van der Waals surface area contributed by atoms with Crippen LogP contribution < -0.4 is 5.32 Å². The number of hydrogen-bond acceptors (Lipinski definition) is 1. The average molecular weight is 365 g/mol. The second kappa shape index (κ2) is 6.47. The van der Waals surface area contributed by atoms with Crippen molar-refractivity contribution in [1.82, 2.24) is 5.32 Å². The van der Waals surface area contributed by atoms with Gasteiger partial charge in [0.25, 0.3) is 5.91 Å². The van der Waals surface area contributed by atoms with Gasteiger partial charge in [-0.1, -0.05) is 46.8 Å². The molecule has 0 heterocycles. The van der Waals surface area contributed by atoms with Crippen molar-refractivity contribution in [3.05, 3.63) is 33.3 Å². The maximum Gasteiger partial charge on any atom is 0.253 e. The molecule has 0 atom stereocenters. The van der Waals surface area contributed by atoms with Gasteiger partial charge < -0.3 is 5.32 Å². The Bertz CT molecular complexity index is 473. The monoisotopic (exact) mass is 363 g/mol. The first-order valence-electron chi connectivity index (χ1n) is 6.40. The van der Waals surface area contributed by atoms with Crippen LogP contribution in [0.1, 0.15) is 42.5 Å². The number of nitrogens with one attached hydrogen (secondary N) is 1. The number of benzene rings is 1. The summed E-state index contributed by atoms with van der Waals surface area (Å²) in [4.78, 5) is 12.4. The highest BCUT2D eigenvalue weighted by molar-refractivity contribution is 9.10. The molecular formula is C14H16BrCl2NO. The van der Waals surface area contributed by atoms with Crippen LogP contribution in [0.3, 0.4) is 0 Å². The van der Waals surface area contributed by atoms with Crippen molar-refractivity contribution in [3.63, 3.8) is 0 Å². The summed E-state index contributed by atoms with van der Waals surface area (Å²) in [6.45, 7) is 0. The van der Waals surface area contributed by atoms with Gasteiger partial charge in [0.1, 0.15) is 0 Å². The minimum Gasteiger partial charge on any atom is -0.345 e. The molecule has 19 heavy (non-hydrogen) atoms. The van der Waals surface area contributed by atoms with Gasteiger partial charge >= 0.3 is 0 Å². The molecule has 0 saturated heterocycles. The van der Waals surface area contributed by atoms with Crippen LogP contribution in [0.4, 0.5) is 0 Å². The largest absolute Gasteiger partial charge is 0.345 e. The highest BCUT2D eigenvalue weighted by Crippen LogP contribution is 2.30. The fourth-order valence-corrected chi connectivity index (χ4v) is 3.40. The van der Waals surface area contributed by atoms with Gasteiger partial charge in [0.15, 0.2) is 0 Å². The van der Waals surface area contributed by atoms with E-state index < -0.39 is 0 Å². The molecule has 5 heteroatoms. The summed E-state index contributed by atoms with van der Waals surface area (Å²) in [5.41, 5.74) is 0.217. The number of amides is 1. The fraction of sp³-hybridized carbons (Fsp3) is 0.500. The second-order valence-electron chi connectivity index (χ2n) is 5.05. The van der Waals surface area contributed by atoms with Gasteiger partial charge in [0, 0.05) is 10.4 Å². The second-order valence-corrected chi connectivity index (χ2v) is 6.64. The molecule has 1 saturated carbocycles. The standard InChI is InChI=1S/C14H16BrCl2NO/c15-10-4-5-12(17)11(8-10)13(19)18-14(9-16)6-2-1-3-7-14/h4-5,8H,1-3,6-7,9H2,(H,18,19). The summed E-state index contributed by atoms with van der Waals surface area (Å²) < 4.78 is 0.839. The summed E-state index contributed by atoms with van der Waals surface area (Å²) >= 11 is 15.5. The molecule has 0 spiro atoms. The van der Waals surface area contributed by atoms with Crippen LogP contribution in [0, 0.1) is 0 Å². The van der Waals surface area contributed by atoms with Crippen molar-refractivity contribution < 1.29 is 4.79 Å². The lowest BCUT2D eigenvalue weighted by molar-refractivity contribution is 0.0885. The van der Waals surface area contributed by atoms with Crippen LogP contribution in [0.2, 0.25) is 5.02 Å². The Hall–Kier alpha value is -0.250. The maximum atomic E-state index is 12.4. The highest BCUT2D eigenvalue weighted by Gasteiger charge is 2.33. The van der Waals surface area contributed by atoms with Crippen LogP contribution >= 0.6 is 39.1 Å². The van der Waals surface area contributed by atoms with Crippen molar-refractivity contribution >= 4 is 45.0 Å². The molecule has 0 aromatic heterocycles. The van der Waals surface area contributed by atoms with Crippen molar-refractivity contribution in [1.29, 1.82) is 0 Å². The van der Waals surface area contributed by atoms with Crippen molar-refractivity contribution in [2.24, 2.45) is 0 Å². The molecule has 1 aromatic carbocycles. The van der Waals surface area contributed by atoms with E-state index in [9.17, 15) is 4.79 Å². The third-order valence-electron chi connectivity index (χ3n) is 3.62. The molecule has 2 rings (SSSR count). The molecule has 0 unspecified atom stereocenters. The van der Waals surface area contributed by atoms with Crippen LogP contribution in [-0.2, 0) is 0 Å². The molecular weight excluding hydrogens is 349 g/mol. The normalized spacial score (nSPS) is 18.1. The van der Waals surface area contributed by atoms with Crippen LogP contribution in [0.15, 0.2) is 22.7 Å². The summed E-state index contributed by atoms with van der Waals surface area (Å²) in [5, 5.41) is 3.55. The maximum absolute atomic E-state index is 12.4. The Morgan fingerprint density at radius 1 is 1.32 bits per heavy atom. The zero-order valence-electron chi connectivity index (χ0n) is 10.5. The smallest absolute Gasteiger partial charge is 0.253 e. The number of rotatable bonds is 3. The van der Waals surface area contributed by atoms with Gasteiger partial charge in [0.2, 0.25) is 0 Å². The number of carbonyl (C=O) groups excluding carboxylic acids is 1. The quantitative estimate of drug-likeness (QED) is 0.768. The number of hydrogen-bond donors (Lipinski definition) is 1. The van der Waals surface area contributed by atoms with E-state index in [0.29, 0.717) is 16.5 Å². The lowest BCUT2D eigenvalue weighted by Crippen LogP contribution is -2.51. The Kier molecular flexibility index (Phi) is 5.15. The Morgan fingerprint density at radius 3 is 2.63 bits per heavy atom. The molecule has 1 aromatic rings. The SMILES string of the molecule is O=C(NC1(CCl)CCCCC1)c1cc(Br)ccc1Cl. The fourth-order valence-electron chi connectivity index (χ4n) is 2.50. The zero-order chi connectivity index (χ0) is 13.9. The third-order valence-corrected chi connectivity index (χ3v) is 4.95. The summed E-state index contributed by atoms with van der Waals surface area (Å²) in [7, 11) is 0. The van der Waals surface area contributed by atoms with Gasteiger partial charge in [-0.15, -0.1) is 11.6 Å². The molecule has 1 fully saturated rings. The molecule has 0 bridgehead atoms. The first kappa shape index (κ1) is 15.1. The van der Waals surface area contributed by atoms with E-state index in [0.717, 1.165) is 30.2 Å². The van der Waals surface area contributed by atoms with E-state index >= 15 is 0 Å². The van der Waals surface area contributed by atoms with Crippen LogP contribution in [0.25, 0.3) is 0 Å². The van der Waals surface area contributed by atoms with E-state index in [1.807, 2.05) is 6.07 Å². The van der Waals surface area contributed by atoms with Crippen LogP contribution in [-0.4, -0.2) is 17.3 Å². The molecule has 1 aliphatic carbocycles. The van der Waals surface area contributed by atoms with E-state index in [1.165, 1.54) is 6.42 Å². The minimum atomic E-state index is -0.275. The highest BCUT2D eigenvalue weighted by atomic mass is 79.9. The number of halogens is 3. The molecule has 2 nitrogen and oxygen atoms in total. The van der Waals surface area contributed by atoms with E-state index in [1.54, 1.807) is 12.1 Å². The van der Waals surface area contributed by atoms with E-state index in [4.69, 9.17) is 23.2 Å². The van der Waals surface area contributed by atoms with Gasteiger partial charge in [-0.25, -0.2) is 0 Å². The van der Waals surface area contributed by atoms with Gasteiger partial charge in [0.05, 0.1) is 16.1 Å². The molecule has 0 aliphatic heterocycles. The summed E-state index contributed by atoms with van der Waals surface area (Å²) in [5.74, 6) is 0.304. The summed E-state index contributed by atoms with van der Waals surface area (Å²) in [6.07, 6.45) is 5.31. The Labute approximate surface area is 132 Å². The molecule has 1 N–H and O–H groups in total. The minimum absolute atomic E-state index is 0.145. The van der Waals surface area contributed by atoms with Gasteiger partial charge in [-0.05, 0) is 31.0 Å². The average Bonchev–Trinajstić information content (AvgIpc) is 2.42. The number of alkyl halides is 1. The Morgan fingerprint density at radius 2 is 2.00 bits per heavy atom. The first-order valence-corrected chi connectivity index (χ1v) is 8.10. The molecule has 0 radical (unpaired) electrons. The van der Waals surface area contributed by atoms with Crippen LogP contribution in [0.5, 0.6) is 0 Å². The topological polar surface area (TPSA) is 29.1 Å². The van der Waals surface area contributed by atoms with Crippen molar-refractivity contribution in [2.45, 2.75) is 37.6 Å². The van der Waals surface area contributed by atoms with Gasteiger partial charge in [-0.2, -0.15) is 0 Å². The predicted octanol–water partition coefficient (Wildman–Crippen LogP) is 4.77. The lowest BCUT2D eigenvalue weighted by Gasteiger charge is -2.36. The van der Waals surface area contributed by atoms with Crippen molar-refractivity contribution in [3.8, 4) is 0 Å². The predicted molar refractivity (Wildman–Crippen MR) is 83.2 cm³/mol. The molecule has 1 aliphatic rings. The van der Waals surface area contributed by atoms with E-state index in [-0.39, 0.29) is 11.4 Å². The van der Waals surface area contributed by atoms with E-state index in [2.05, 4.69) is 21.2 Å². The van der Waals surface area contributed by atoms with Gasteiger partial charge in [-0.3, -0.25) is 4.79 Å². The zero-order valence-corrected chi connectivity index (χ0v) is 13.6. The summed E-state index contributed by atoms with van der Waals surface area (Å²) in [6, 6.07) is 5.27.